The van der Waals surface area contributed by atoms with Crippen LogP contribution in [0.1, 0.15) is 54.5 Å². The molecule has 0 fully saturated rings. The summed E-state index contributed by atoms with van der Waals surface area (Å²) in [7, 11) is 0. The van der Waals surface area contributed by atoms with Crippen molar-refractivity contribution in [3.8, 4) is 0 Å². The van der Waals surface area contributed by atoms with Crippen molar-refractivity contribution in [1.29, 1.82) is 0 Å². The van der Waals surface area contributed by atoms with E-state index in [1.807, 2.05) is 31.2 Å². The van der Waals surface area contributed by atoms with Crippen LogP contribution < -0.4 is 5.56 Å². The van der Waals surface area contributed by atoms with Gasteiger partial charge in [0, 0.05) is 16.7 Å². The van der Waals surface area contributed by atoms with Gasteiger partial charge < -0.3 is 4.74 Å². The second-order valence-corrected chi connectivity index (χ2v) is 7.04. The van der Waals surface area contributed by atoms with E-state index < -0.39 is 11.5 Å². The highest BCUT2D eigenvalue weighted by atomic mass is 79.9. The summed E-state index contributed by atoms with van der Waals surface area (Å²) < 4.78 is 7.43. The quantitative estimate of drug-likeness (QED) is 0.422. The Labute approximate surface area is 164 Å². The fraction of sp³-hybridized carbons (Fsp3) is 0.316. The third-order valence-electron chi connectivity index (χ3n) is 4.24. The largest absolute Gasteiger partial charge is 0.462 e. The third-order valence-corrected chi connectivity index (χ3v) is 4.77. The summed E-state index contributed by atoms with van der Waals surface area (Å²) in [6.07, 6.45) is 4.28. The van der Waals surface area contributed by atoms with E-state index in [2.05, 4.69) is 31.1 Å². The topological polar surface area (TPSA) is 85.9 Å². The molecule has 1 aromatic heterocycles. The minimum atomic E-state index is -0.658. The molecule has 0 saturated heterocycles. The van der Waals surface area contributed by atoms with Crippen LogP contribution in [0.25, 0.3) is 0 Å². The Hall–Kier alpha value is -2.61. The molecule has 0 aliphatic carbocycles. The molecule has 27 heavy (non-hydrogen) atoms. The van der Waals surface area contributed by atoms with Crippen molar-refractivity contribution in [2.75, 3.05) is 6.61 Å². The summed E-state index contributed by atoms with van der Waals surface area (Å²) in [5.74, 6) is -0.213. The Kier molecular flexibility index (Phi) is 5.95. The number of halogens is 1. The summed E-state index contributed by atoms with van der Waals surface area (Å²) in [6, 6.07) is 7.59. The predicted molar refractivity (Wildman–Crippen MR) is 107 cm³/mol. The summed E-state index contributed by atoms with van der Waals surface area (Å²) in [5.41, 5.74) is 1.06. The average molecular weight is 431 g/mol. The van der Waals surface area contributed by atoms with Gasteiger partial charge in [-0.1, -0.05) is 28.1 Å². The van der Waals surface area contributed by atoms with Crippen LogP contribution in [0, 0.1) is 0 Å². The number of carbonyl (C=O) groups excluding carboxylic acids is 1. The molecule has 2 heterocycles. The lowest BCUT2D eigenvalue weighted by Gasteiger charge is -2.24. The molecular formula is C19H19BrN4O3. The zero-order chi connectivity index (χ0) is 19.4. The van der Waals surface area contributed by atoms with E-state index in [0.717, 1.165) is 10.0 Å². The number of benzene rings is 1. The molecule has 0 bridgehead atoms. The summed E-state index contributed by atoms with van der Waals surface area (Å²) in [6.45, 7) is 3.81. The molecule has 0 spiro atoms. The molecule has 1 atom stereocenters. The first-order chi connectivity index (χ1) is 13.0. The summed E-state index contributed by atoms with van der Waals surface area (Å²) >= 11 is 3.39. The highest BCUT2D eigenvalue weighted by Crippen LogP contribution is 2.22. The van der Waals surface area contributed by atoms with Gasteiger partial charge in [-0.25, -0.2) is 9.78 Å². The van der Waals surface area contributed by atoms with E-state index in [4.69, 9.17) is 4.74 Å². The standard InChI is InChI=1S/C19H19BrN4O3/c1-3-27-19(26)15-11-21-17-16(9-4-12(2)24(17)18(15)25)23-22-10-13-5-7-14(20)8-6-13/h5-8,10-12H,3-4,9H2,1-2H3/b22-10+,23-16+. The van der Waals surface area contributed by atoms with Gasteiger partial charge in [-0.2, -0.15) is 10.2 Å². The number of ether oxygens (including phenoxy) is 1. The van der Waals surface area contributed by atoms with E-state index in [1.165, 1.54) is 10.8 Å². The Morgan fingerprint density at radius 1 is 1.41 bits per heavy atom. The van der Waals surface area contributed by atoms with Crippen LogP contribution in [0.4, 0.5) is 0 Å². The maximum absolute atomic E-state index is 12.7. The van der Waals surface area contributed by atoms with Crippen LogP contribution in [-0.2, 0) is 4.74 Å². The normalized spacial score (nSPS) is 17.9. The van der Waals surface area contributed by atoms with Crippen molar-refractivity contribution in [1.82, 2.24) is 9.55 Å². The van der Waals surface area contributed by atoms with Gasteiger partial charge in [0.05, 0.1) is 12.8 Å². The molecule has 0 amide bonds. The van der Waals surface area contributed by atoms with Crippen molar-refractivity contribution in [2.45, 2.75) is 32.7 Å². The highest BCUT2D eigenvalue weighted by Gasteiger charge is 2.26. The Bertz CT molecular complexity index is 964. The van der Waals surface area contributed by atoms with E-state index in [1.54, 1.807) is 13.1 Å². The number of hydrogen-bond donors (Lipinski definition) is 0. The molecule has 3 rings (SSSR count). The first kappa shape index (κ1) is 19.2. The molecule has 7 nitrogen and oxygen atoms in total. The summed E-state index contributed by atoms with van der Waals surface area (Å²) in [5, 5.41) is 8.40. The van der Waals surface area contributed by atoms with E-state index in [0.29, 0.717) is 24.4 Å². The predicted octanol–water partition coefficient (Wildman–Crippen LogP) is 3.36. The van der Waals surface area contributed by atoms with Gasteiger partial charge in [0.25, 0.3) is 5.56 Å². The first-order valence-corrected chi connectivity index (χ1v) is 9.45. The van der Waals surface area contributed by atoms with Gasteiger partial charge in [0.1, 0.15) is 11.3 Å². The van der Waals surface area contributed by atoms with E-state index >= 15 is 0 Å². The second kappa shape index (κ2) is 8.39. The van der Waals surface area contributed by atoms with Gasteiger partial charge in [0.15, 0.2) is 5.82 Å². The lowest BCUT2D eigenvalue weighted by Crippen LogP contribution is -2.37. The van der Waals surface area contributed by atoms with Crippen molar-refractivity contribution in [2.24, 2.45) is 10.2 Å². The molecule has 1 aromatic carbocycles. The fourth-order valence-corrected chi connectivity index (χ4v) is 3.10. The van der Waals surface area contributed by atoms with Gasteiger partial charge in [-0.15, -0.1) is 0 Å². The van der Waals surface area contributed by atoms with Gasteiger partial charge >= 0.3 is 5.97 Å². The molecule has 0 N–H and O–H groups in total. The molecule has 8 heteroatoms. The lowest BCUT2D eigenvalue weighted by molar-refractivity contribution is 0.0522. The Morgan fingerprint density at radius 2 is 2.15 bits per heavy atom. The van der Waals surface area contributed by atoms with E-state index in [-0.39, 0.29) is 18.2 Å². The van der Waals surface area contributed by atoms with Gasteiger partial charge in [-0.05, 0) is 44.4 Å². The lowest BCUT2D eigenvalue weighted by atomic mass is 10.0. The number of esters is 1. The minimum Gasteiger partial charge on any atom is -0.462 e. The fourth-order valence-electron chi connectivity index (χ4n) is 2.84. The van der Waals surface area contributed by atoms with Crippen molar-refractivity contribution in [3.63, 3.8) is 0 Å². The monoisotopic (exact) mass is 430 g/mol. The van der Waals surface area contributed by atoms with Crippen molar-refractivity contribution >= 4 is 33.8 Å². The zero-order valence-electron chi connectivity index (χ0n) is 15.1. The van der Waals surface area contributed by atoms with Crippen LogP contribution in [-0.4, -0.2) is 34.1 Å². The number of hydrogen-bond acceptors (Lipinski definition) is 6. The smallest absolute Gasteiger partial charge is 0.345 e. The maximum atomic E-state index is 12.7. The average Bonchev–Trinajstić information content (AvgIpc) is 2.65. The molecule has 1 aliphatic heterocycles. The number of carbonyl (C=O) groups is 1. The minimum absolute atomic E-state index is 0.0629. The number of rotatable bonds is 4. The molecule has 1 unspecified atom stereocenters. The molecule has 0 radical (unpaired) electrons. The summed E-state index contributed by atoms with van der Waals surface area (Å²) in [4.78, 5) is 29.0. The van der Waals surface area contributed by atoms with Crippen molar-refractivity contribution in [3.05, 3.63) is 62.2 Å². The van der Waals surface area contributed by atoms with Crippen LogP contribution in [0.5, 0.6) is 0 Å². The molecule has 1 aliphatic rings. The molecule has 140 valence electrons. The second-order valence-electron chi connectivity index (χ2n) is 6.12. The third kappa shape index (κ3) is 4.21. The molecule has 0 saturated carbocycles. The van der Waals surface area contributed by atoms with Crippen molar-refractivity contribution < 1.29 is 9.53 Å². The SMILES string of the molecule is CCOC(=O)c1cnc2n(c1=O)C(C)CC/C2=N\N=C\c1ccc(Br)cc1. The van der Waals surface area contributed by atoms with Crippen LogP contribution >= 0.6 is 15.9 Å². The first-order valence-electron chi connectivity index (χ1n) is 8.65. The number of fused-ring (bicyclic) bond motifs is 1. The zero-order valence-corrected chi connectivity index (χ0v) is 16.6. The van der Waals surface area contributed by atoms with Gasteiger partial charge in [0.2, 0.25) is 0 Å². The van der Waals surface area contributed by atoms with Gasteiger partial charge in [-0.3, -0.25) is 9.36 Å². The molecule has 2 aromatic rings. The maximum Gasteiger partial charge on any atom is 0.345 e. The van der Waals surface area contributed by atoms with E-state index in [9.17, 15) is 9.59 Å². The van der Waals surface area contributed by atoms with Crippen LogP contribution in [0.15, 0.2) is 49.9 Å². The number of aromatic nitrogens is 2. The molecular weight excluding hydrogens is 412 g/mol. The van der Waals surface area contributed by atoms with Crippen LogP contribution in [0.2, 0.25) is 0 Å². The number of nitrogens with zero attached hydrogens (tertiary/aromatic N) is 4. The Balaban J connectivity index is 1.94. The highest BCUT2D eigenvalue weighted by molar-refractivity contribution is 9.10. The Morgan fingerprint density at radius 3 is 2.85 bits per heavy atom. The van der Waals surface area contributed by atoms with Crippen LogP contribution in [0.3, 0.4) is 0 Å².